The van der Waals surface area contributed by atoms with Gasteiger partial charge in [-0.3, -0.25) is 4.79 Å². The third-order valence-corrected chi connectivity index (χ3v) is 5.67. The fourth-order valence-corrected chi connectivity index (χ4v) is 3.68. The molecule has 3 rings (SSSR count). The molecule has 156 valence electrons. The lowest BCUT2D eigenvalue weighted by molar-refractivity contribution is -0.133. The fourth-order valence-electron chi connectivity index (χ4n) is 3.57. The van der Waals surface area contributed by atoms with Crippen LogP contribution in [0.2, 0.25) is 5.02 Å². The van der Waals surface area contributed by atoms with Crippen LogP contribution in [0.1, 0.15) is 45.1 Å². The van der Waals surface area contributed by atoms with E-state index in [4.69, 9.17) is 16.3 Å². The molecule has 0 unspecified atom stereocenters. The second-order valence-electron chi connectivity index (χ2n) is 7.57. The number of aromatic nitrogens is 2. The van der Waals surface area contributed by atoms with Crippen LogP contribution >= 0.6 is 11.6 Å². The van der Waals surface area contributed by atoms with E-state index in [0.29, 0.717) is 29.6 Å². The number of anilines is 1. The summed E-state index contributed by atoms with van der Waals surface area (Å²) in [6.07, 6.45) is 5.37. The van der Waals surface area contributed by atoms with Crippen LogP contribution in [-0.4, -0.2) is 46.5 Å². The Morgan fingerprint density at radius 1 is 1.24 bits per heavy atom. The predicted molar refractivity (Wildman–Crippen MR) is 116 cm³/mol. The van der Waals surface area contributed by atoms with Gasteiger partial charge in [-0.15, -0.1) is 0 Å². The average Bonchev–Trinajstić information content (AvgIpc) is 2.71. The van der Waals surface area contributed by atoms with Crippen molar-refractivity contribution in [3.05, 3.63) is 41.2 Å². The number of hydrogen-bond donors (Lipinski definition) is 0. The van der Waals surface area contributed by atoms with E-state index in [1.807, 2.05) is 36.1 Å². The largest absolute Gasteiger partial charge is 0.439 e. The van der Waals surface area contributed by atoms with Gasteiger partial charge in [0.05, 0.1) is 0 Å². The Labute approximate surface area is 177 Å². The first-order valence-electron chi connectivity index (χ1n) is 10.3. The molecule has 0 bridgehead atoms. The number of piperazine rings is 1. The Hall–Kier alpha value is -2.34. The number of amides is 1. The molecule has 1 saturated heterocycles. The highest BCUT2D eigenvalue weighted by Crippen LogP contribution is 2.27. The molecule has 29 heavy (non-hydrogen) atoms. The lowest BCUT2D eigenvalue weighted by Gasteiger charge is -2.40. The Morgan fingerprint density at radius 3 is 2.79 bits per heavy atom. The smallest absolute Gasteiger partial charge is 0.224 e. The van der Waals surface area contributed by atoms with Crippen molar-refractivity contribution in [2.24, 2.45) is 0 Å². The molecule has 1 aliphatic rings. The van der Waals surface area contributed by atoms with E-state index < -0.39 is 0 Å². The highest BCUT2D eigenvalue weighted by atomic mass is 35.5. The molecule has 1 fully saturated rings. The molecule has 0 aliphatic carbocycles. The second-order valence-corrected chi connectivity index (χ2v) is 7.97. The molecule has 0 radical (unpaired) electrons. The topological polar surface area (TPSA) is 58.6 Å². The summed E-state index contributed by atoms with van der Waals surface area (Å²) >= 11 is 6.08. The Kier molecular flexibility index (Phi) is 7.31. The number of nitrogens with zero attached hydrogens (tertiary/aromatic N) is 4. The molecule has 1 amide bonds. The van der Waals surface area contributed by atoms with Crippen molar-refractivity contribution >= 4 is 23.3 Å². The molecule has 7 heteroatoms. The van der Waals surface area contributed by atoms with Crippen LogP contribution in [0.25, 0.3) is 0 Å². The first kappa shape index (κ1) is 21.4. The number of benzene rings is 1. The average molecular weight is 417 g/mol. The van der Waals surface area contributed by atoms with Crippen LogP contribution in [0.5, 0.6) is 11.6 Å². The maximum atomic E-state index is 12.5. The van der Waals surface area contributed by atoms with Gasteiger partial charge in [0.25, 0.3) is 0 Å². The summed E-state index contributed by atoms with van der Waals surface area (Å²) in [5, 5.41) is 0.705. The predicted octanol–water partition coefficient (Wildman–Crippen LogP) is 4.85. The number of aryl methyl sites for hydroxylation is 1. The maximum Gasteiger partial charge on any atom is 0.224 e. The van der Waals surface area contributed by atoms with Crippen LogP contribution in [0.4, 0.5) is 5.82 Å². The van der Waals surface area contributed by atoms with Crippen LogP contribution < -0.4 is 9.64 Å². The molecule has 1 aromatic heterocycles. The van der Waals surface area contributed by atoms with E-state index in [0.717, 1.165) is 43.7 Å². The van der Waals surface area contributed by atoms with Gasteiger partial charge in [-0.05, 0) is 44.0 Å². The van der Waals surface area contributed by atoms with Gasteiger partial charge >= 0.3 is 0 Å². The SMILES string of the molecule is CCCCCC(=O)N1CCN(c2cc(Oc3ccc(Cl)c(C)c3)ncn2)C[C@H]1C. The standard InChI is InChI=1S/C22H29ClN4O2/c1-4-5-6-7-22(28)27-11-10-26(14-17(27)3)20-13-21(25-15-24-20)29-18-8-9-19(23)16(2)12-18/h8-9,12-13,15,17H,4-7,10-11,14H2,1-3H3/t17-/m1/s1. The van der Waals surface area contributed by atoms with Gasteiger partial charge in [-0.25, -0.2) is 9.97 Å². The van der Waals surface area contributed by atoms with Crippen molar-refractivity contribution in [2.45, 2.75) is 52.5 Å². The minimum Gasteiger partial charge on any atom is -0.439 e. The van der Waals surface area contributed by atoms with Gasteiger partial charge in [-0.2, -0.15) is 0 Å². The molecule has 2 heterocycles. The first-order chi connectivity index (χ1) is 14.0. The normalized spacial score (nSPS) is 16.8. The Morgan fingerprint density at radius 2 is 2.07 bits per heavy atom. The van der Waals surface area contributed by atoms with Gasteiger partial charge in [0, 0.05) is 43.2 Å². The van der Waals surface area contributed by atoms with E-state index in [-0.39, 0.29) is 11.9 Å². The number of unbranched alkanes of at least 4 members (excludes halogenated alkanes) is 2. The van der Waals surface area contributed by atoms with Gasteiger partial charge in [0.2, 0.25) is 11.8 Å². The quantitative estimate of drug-likeness (QED) is 0.604. The van der Waals surface area contributed by atoms with Crippen LogP contribution in [-0.2, 0) is 4.79 Å². The van der Waals surface area contributed by atoms with Crippen LogP contribution in [0.3, 0.4) is 0 Å². The van der Waals surface area contributed by atoms with E-state index >= 15 is 0 Å². The number of halogens is 1. The van der Waals surface area contributed by atoms with Crippen molar-refractivity contribution in [2.75, 3.05) is 24.5 Å². The van der Waals surface area contributed by atoms with Crippen molar-refractivity contribution in [3.8, 4) is 11.6 Å². The van der Waals surface area contributed by atoms with Crippen LogP contribution in [0, 0.1) is 6.92 Å². The van der Waals surface area contributed by atoms with Gasteiger partial charge in [0.1, 0.15) is 17.9 Å². The van der Waals surface area contributed by atoms with Gasteiger partial charge in [-0.1, -0.05) is 31.4 Å². The highest BCUT2D eigenvalue weighted by Gasteiger charge is 2.27. The molecule has 2 aromatic rings. The minimum absolute atomic E-state index is 0.149. The van der Waals surface area contributed by atoms with E-state index in [1.165, 1.54) is 6.33 Å². The molecular weight excluding hydrogens is 388 g/mol. The Balaban J connectivity index is 1.62. The zero-order valence-corrected chi connectivity index (χ0v) is 18.2. The number of rotatable bonds is 7. The summed E-state index contributed by atoms with van der Waals surface area (Å²) in [5.41, 5.74) is 0.951. The molecule has 0 spiro atoms. The Bertz CT molecular complexity index is 845. The van der Waals surface area contributed by atoms with Gasteiger partial charge < -0.3 is 14.5 Å². The minimum atomic E-state index is 0.149. The first-order valence-corrected chi connectivity index (χ1v) is 10.7. The van der Waals surface area contributed by atoms with Gasteiger partial charge in [0.15, 0.2) is 0 Å². The zero-order chi connectivity index (χ0) is 20.8. The summed E-state index contributed by atoms with van der Waals surface area (Å²) in [7, 11) is 0. The van der Waals surface area contributed by atoms with Crippen molar-refractivity contribution < 1.29 is 9.53 Å². The van der Waals surface area contributed by atoms with E-state index in [9.17, 15) is 4.79 Å². The molecular formula is C22H29ClN4O2. The van der Waals surface area contributed by atoms with E-state index in [2.05, 4.69) is 28.7 Å². The van der Waals surface area contributed by atoms with Crippen LogP contribution in [0.15, 0.2) is 30.6 Å². The third-order valence-electron chi connectivity index (χ3n) is 5.25. The van der Waals surface area contributed by atoms with E-state index in [1.54, 1.807) is 0 Å². The second kappa shape index (κ2) is 9.92. The lowest BCUT2D eigenvalue weighted by atomic mass is 10.1. The number of ether oxygens (including phenoxy) is 1. The molecule has 1 aromatic carbocycles. The maximum absolute atomic E-state index is 12.5. The summed E-state index contributed by atoms with van der Waals surface area (Å²) in [6, 6.07) is 7.51. The lowest BCUT2D eigenvalue weighted by Crippen LogP contribution is -2.54. The summed E-state index contributed by atoms with van der Waals surface area (Å²) in [6.45, 7) is 8.39. The summed E-state index contributed by atoms with van der Waals surface area (Å²) in [5.74, 6) is 2.25. The molecule has 1 atom stereocenters. The number of carbonyl (C=O) groups excluding carboxylic acids is 1. The summed E-state index contributed by atoms with van der Waals surface area (Å²) in [4.78, 5) is 25.3. The van der Waals surface area contributed by atoms with Crippen molar-refractivity contribution in [3.63, 3.8) is 0 Å². The zero-order valence-electron chi connectivity index (χ0n) is 17.4. The summed E-state index contributed by atoms with van der Waals surface area (Å²) < 4.78 is 5.89. The van der Waals surface area contributed by atoms with Crippen molar-refractivity contribution in [1.82, 2.24) is 14.9 Å². The molecule has 6 nitrogen and oxygen atoms in total. The van der Waals surface area contributed by atoms with Crippen molar-refractivity contribution in [1.29, 1.82) is 0 Å². The number of hydrogen-bond acceptors (Lipinski definition) is 5. The fraction of sp³-hybridized carbons (Fsp3) is 0.500. The molecule has 0 N–H and O–H groups in total. The third kappa shape index (κ3) is 5.60. The molecule has 0 saturated carbocycles. The number of carbonyl (C=O) groups is 1. The monoisotopic (exact) mass is 416 g/mol. The highest BCUT2D eigenvalue weighted by molar-refractivity contribution is 6.31. The molecule has 1 aliphatic heterocycles.